The number of aliphatic hydroxyl groups is 1. The molecule has 2 rings (SSSR count). The van der Waals surface area contributed by atoms with Gasteiger partial charge in [0, 0.05) is 6.04 Å². The molecule has 0 spiro atoms. The number of nitrogens with one attached hydrogen (secondary N) is 1. The van der Waals surface area contributed by atoms with Crippen LogP contribution in [0, 0.1) is 11.8 Å². The zero-order valence-electron chi connectivity index (χ0n) is 12.0. The van der Waals surface area contributed by atoms with Crippen LogP contribution in [0.15, 0.2) is 29.2 Å². The Hall–Kier alpha value is -0.910. The lowest BCUT2D eigenvalue weighted by Gasteiger charge is -2.34. The molecule has 0 aromatic heterocycles. The van der Waals surface area contributed by atoms with E-state index in [0.717, 1.165) is 12.8 Å². The number of aliphatic hydroxyl groups excluding tert-OH is 1. The topological polar surface area (TPSA) is 66.4 Å². The van der Waals surface area contributed by atoms with E-state index in [0.29, 0.717) is 17.4 Å². The molecule has 0 aliphatic heterocycles. The van der Waals surface area contributed by atoms with E-state index in [1.54, 1.807) is 24.3 Å². The standard InChI is InChI=1S/C15H23NO3S/c1-11-4-3-5-15(12(11)2)16-20(18,19)14-8-6-13(10-17)7-9-14/h6-9,11-12,15-17H,3-5,10H2,1-2H3. The lowest BCUT2D eigenvalue weighted by molar-refractivity contribution is 0.227. The Morgan fingerprint density at radius 3 is 2.45 bits per heavy atom. The third-order valence-corrected chi connectivity index (χ3v) is 5.94. The summed E-state index contributed by atoms with van der Waals surface area (Å²) in [7, 11) is -3.47. The summed E-state index contributed by atoms with van der Waals surface area (Å²) in [4.78, 5) is 0.264. The van der Waals surface area contributed by atoms with Gasteiger partial charge in [-0.1, -0.05) is 38.8 Å². The third-order valence-electron chi connectivity index (χ3n) is 4.43. The summed E-state index contributed by atoms with van der Waals surface area (Å²) in [5, 5.41) is 8.99. The first kappa shape index (κ1) is 15.5. The minimum atomic E-state index is -3.47. The lowest BCUT2D eigenvalue weighted by atomic mass is 9.78. The predicted molar refractivity (Wildman–Crippen MR) is 78.7 cm³/mol. The molecule has 1 aliphatic carbocycles. The van der Waals surface area contributed by atoms with Crippen molar-refractivity contribution in [2.75, 3.05) is 0 Å². The summed E-state index contributed by atoms with van der Waals surface area (Å²) in [5.74, 6) is 0.906. The van der Waals surface area contributed by atoms with E-state index in [4.69, 9.17) is 5.11 Å². The summed E-state index contributed by atoms with van der Waals surface area (Å²) in [5.41, 5.74) is 0.712. The third kappa shape index (κ3) is 3.40. The highest BCUT2D eigenvalue weighted by atomic mass is 32.2. The van der Waals surface area contributed by atoms with Crippen molar-refractivity contribution in [2.45, 2.75) is 50.7 Å². The first-order chi connectivity index (χ1) is 9.44. The Bertz CT molecular complexity index is 539. The summed E-state index contributed by atoms with van der Waals surface area (Å²) < 4.78 is 27.6. The van der Waals surface area contributed by atoms with Crippen LogP contribution in [-0.2, 0) is 16.6 Å². The van der Waals surface area contributed by atoms with Crippen LogP contribution in [0.1, 0.15) is 38.7 Å². The van der Waals surface area contributed by atoms with Crippen LogP contribution < -0.4 is 4.72 Å². The van der Waals surface area contributed by atoms with Crippen molar-refractivity contribution in [3.63, 3.8) is 0 Å². The van der Waals surface area contributed by atoms with Crippen molar-refractivity contribution in [2.24, 2.45) is 11.8 Å². The van der Waals surface area contributed by atoms with Crippen molar-refractivity contribution < 1.29 is 13.5 Å². The molecule has 5 heteroatoms. The minimum Gasteiger partial charge on any atom is -0.392 e. The Labute approximate surface area is 121 Å². The molecule has 0 heterocycles. The van der Waals surface area contributed by atoms with Crippen molar-refractivity contribution in [3.05, 3.63) is 29.8 Å². The maximum absolute atomic E-state index is 12.4. The van der Waals surface area contributed by atoms with Crippen LogP contribution in [-0.4, -0.2) is 19.6 Å². The molecular formula is C15H23NO3S. The van der Waals surface area contributed by atoms with Crippen LogP contribution in [0.25, 0.3) is 0 Å². The van der Waals surface area contributed by atoms with E-state index in [1.807, 2.05) is 0 Å². The van der Waals surface area contributed by atoms with Gasteiger partial charge in [-0.25, -0.2) is 13.1 Å². The second kappa shape index (κ2) is 6.24. The maximum atomic E-state index is 12.4. The molecule has 4 nitrogen and oxygen atoms in total. The SMILES string of the molecule is CC1CCCC(NS(=O)(=O)c2ccc(CO)cc2)C1C. The van der Waals surface area contributed by atoms with E-state index in [-0.39, 0.29) is 17.5 Å². The van der Waals surface area contributed by atoms with Gasteiger partial charge in [-0.05, 0) is 36.0 Å². The van der Waals surface area contributed by atoms with E-state index in [1.165, 1.54) is 6.42 Å². The molecule has 2 N–H and O–H groups in total. The monoisotopic (exact) mass is 297 g/mol. The molecule has 20 heavy (non-hydrogen) atoms. The number of benzene rings is 1. The van der Waals surface area contributed by atoms with Gasteiger partial charge in [0.2, 0.25) is 10.0 Å². The zero-order valence-corrected chi connectivity index (χ0v) is 12.9. The Morgan fingerprint density at radius 1 is 1.20 bits per heavy atom. The van der Waals surface area contributed by atoms with Crippen molar-refractivity contribution in [1.29, 1.82) is 0 Å². The van der Waals surface area contributed by atoms with E-state index < -0.39 is 10.0 Å². The average molecular weight is 297 g/mol. The fourth-order valence-electron chi connectivity index (χ4n) is 2.79. The predicted octanol–water partition coefficient (Wildman–Crippen LogP) is 2.28. The van der Waals surface area contributed by atoms with Gasteiger partial charge in [0.1, 0.15) is 0 Å². The minimum absolute atomic E-state index is 0.0151. The molecular weight excluding hydrogens is 274 g/mol. The molecule has 112 valence electrons. The molecule has 1 saturated carbocycles. The Balaban J connectivity index is 2.13. The van der Waals surface area contributed by atoms with Crippen molar-refractivity contribution in [1.82, 2.24) is 4.72 Å². The van der Waals surface area contributed by atoms with Gasteiger partial charge in [-0.2, -0.15) is 0 Å². The van der Waals surface area contributed by atoms with E-state index >= 15 is 0 Å². The van der Waals surface area contributed by atoms with Crippen LogP contribution in [0.5, 0.6) is 0 Å². The average Bonchev–Trinajstić information content (AvgIpc) is 2.44. The molecule has 3 unspecified atom stereocenters. The smallest absolute Gasteiger partial charge is 0.240 e. The molecule has 0 saturated heterocycles. The number of hydrogen-bond acceptors (Lipinski definition) is 3. The van der Waals surface area contributed by atoms with Gasteiger partial charge in [0.25, 0.3) is 0 Å². The summed E-state index contributed by atoms with van der Waals surface area (Å²) in [6.45, 7) is 4.22. The molecule has 1 aromatic rings. The van der Waals surface area contributed by atoms with Gasteiger partial charge < -0.3 is 5.11 Å². The molecule has 0 bridgehead atoms. The van der Waals surface area contributed by atoms with Crippen LogP contribution >= 0.6 is 0 Å². The number of rotatable bonds is 4. The molecule has 0 radical (unpaired) electrons. The summed E-state index contributed by atoms with van der Waals surface area (Å²) >= 11 is 0. The highest BCUT2D eigenvalue weighted by Gasteiger charge is 2.30. The van der Waals surface area contributed by atoms with E-state index in [9.17, 15) is 8.42 Å². The van der Waals surface area contributed by atoms with Gasteiger partial charge in [-0.15, -0.1) is 0 Å². The highest BCUT2D eigenvalue weighted by molar-refractivity contribution is 7.89. The fourth-order valence-corrected chi connectivity index (χ4v) is 4.15. The zero-order chi connectivity index (χ0) is 14.8. The maximum Gasteiger partial charge on any atom is 0.240 e. The van der Waals surface area contributed by atoms with Crippen molar-refractivity contribution >= 4 is 10.0 Å². The van der Waals surface area contributed by atoms with Crippen molar-refractivity contribution in [3.8, 4) is 0 Å². The molecule has 1 aliphatic rings. The Kier molecular flexibility index (Phi) is 4.83. The number of sulfonamides is 1. The first-order valence-electron chi connectivity index (χ1n) is 7.16. The molecule has 1 fully saturated rings. The summed E-state index contributed by atoms with van der Waals surface area (Å²) in [6.07, 6.45) is 3.15. The second-order valence-corrected chi connectivity index (χ2v) is 7.51. The fraction of sp³-hybridized carbons (Fsp3) is 0.600. The largest absolute Gasteiger partial charge is 0.392 e. The van der Waals surface area contributed by atoms with E-state index in [2.05, 4.69) is 18.6 Å². The normalized spacial score (nSPS) is 27.4. The highest BCUT2D eigenvalue weighted by Crippen LogP contribution is 2.30. The van der Waals surface area contributed by atoms with Gasteiger partial charge in [0.05, 0.1) is 11.5 Å². The van der Waals surface area contributed by atoms with Crippen LogP contribution in [0.2, 0.25) is 0 Å². The van der Waals surface area contributed by atoms with Gasteiger partial charge >= 0.3 is 0 Å². The lowest BCUT2D eigenvalue weighted by Crippen LogP contribution is -2.43. The summed E-state index contributed by atoms with van der Waals surface area (Å²) in [6, 6.07) is 6.39. The first-order valence-corrected chi connectivity index (χ1v) is 8.64. The Morgan fingerprint density at radius 2 is 1.85 bits per heavy atom. The van der Waals surface area contributed by atoms with Gasteiger partial charge in [-0.3, -0.25) is 0 Å². The molecule has 3 atom stereocenters. The quantitative estimate of drug-likeness (QED) is 0.896. The van der Waals surface area contributed by atoms with Crippen LogP contribution in [0.3, 0.4) is 0 Å². The molecule has 1 aromatic carbocycles. The van der Waals surface area contributed by atoms with Gasteiger partial charge in [0.15, 0.2) is 0 Å². The second-order valence-electron chi connectivity index (χ2n) is 5.80. The van der Waals surface area contributed by atoms with Crippen LogP contribution in [0.4, 0.5) is 0 Å². The number of hydrogen-bond donors (Lipinski definition) is 2. The molecule has 0 amide bonds.